The van der Waals surface area contributed by atoms with E-state index in [2.05, 4.69) is 0 Å². The van der Waals surface area contributed by atoms with Gasteiger partial charge in [-0.2, -0.15) is 0 Å². The average Bonchev–Trinajstić information content (AvgIpc) is 3.46. The van der Waals surface area contributed by atoms with Gasteiger partial charge in [0.25, 0.3) is 0 Å². The van der Waals surface area contributed by atoms with Crippen LogP contribution >= 0.6 is 0 Å². The van der Waals surface area contributed by atoms with E-state index in [1.807, 2.05) is 68.5 Å². The van der Waals surface area contributed by atoms with Crippen molar-refractivity contribution in [1.29, 1.82) is 0 Å². The summed E-state index contributed by atoms with van der Waals surface area (Å²) >= 11 is 0. The van der Waals surface area contributed by atoms with E-state index in [0.717, 1.165) is 27.8 Å². The standard InChI is InChI=1S/C30H23NO6/c1-15-3-7-18(8-4-15)31-28(32)25-20(17-6-10-22-24(12-17)36-14-35-22)13-21-19-9-5-16(2)11-23(19)37-30(34)26(21)27(25)29(31)33/h3-13,20,25-27H,14H2,1-2H3/t20-,25+,26+,27-/m0/s1. The highest BCUT2D eigenvalue weighted by Gasteiger charge is 2.60. The molecule has 7 nitrogen and oxygen atoms in total. The van der Waals surface area contributed by atoms with E-state index in [1.165, 1.54) is 4.90 Å². The number of nitrogens with zero attached hydrogens (tertiary/aromatic N) is 1. The normalized spacial score (nSPS) is 25.3. The summed E-state index contributed by atoms with van der Waals surface area (Å²) in [7, 11) is 0. The first-order valence-electron chi connectivity index (χ1n) is 12.3. The number of anilines is 1. The molecule has 0 saturated carbocycles. The maximum absolute atomic E-state index is 14.0. The molecule has 7 heteroatoms. The summed E-state index contributed by atoms with van der Waals surface area (Å²) in [5.74, 6) is -2.45. The Bertz CT molecular complexity index is 1540. The molecule has 2 amide bonds. The zero-order valence-corrected chi connectivity index (χ0v) is 20.3. The molecule has 0 spiro atoms. The van der Waals surface area contributed by atoms with Crippen molar-refractivity contribution in [2.45, 2.75) is 19.8 Å². The molecule has 37 heavy (non-hydrogen) atoms. The summed E-state index contributed by atoms with van der Waals surface area (Å²) in [5, 5.41) is 0. The van der Waals surface area contributed by atoms with Gasteiger partial charge in [-0.3, -0.25) is 14.4 Å². The minimum atomic E-state index is -0.883. The third kappa shape index (κ3) is 3.16. The van der Waals surface area contributed by atoms with Gasteiger partial charge in [0, 0.05) is 11.5 Å². The highest BCUT2D eigenvalue weighted by atomic mass is 16.7. The third-order valence-corrected chi connectivity index (χ3v) is 7.82. The van der Waals surface area contributed by atoms with E-state index in [9.17, 15) is 14.4 Å². The Morgan fingerprint density at radius 2 is 1.49 bits per heavy atom. The summed E-state index contributed by atoms with van der Waals surface area (Å²) in [6.45, 7) is 4.01. The Hall–Kier alpha value is -4.39. The fourth-order valence-corrected chi connectivity index (χ4v) is 6.06. The van der Waals surface area contributed by atoms with Gasteiger partial charge in [-0.1, -0.05) is 42.0 Å². The van der Waals surface area contributed by atoms with Gasteiger partial charge in [0.05, 0.1) is 23.4 Å². The second-order valence-corrected chi connectivity index (χ2v) is 10.1. The first kappa shape index (κ1) is 21.9. The van der Waals surface area contributed by atoms with Gasteiger partial charge in [-0.05, 0) is 60.9 Å². The van der Waals surface area contributed by atoms with Gasteiger partial charge in [0.15, 0.2) is 11.5 Å². The van der Waals surface area contributed by atoms with Crippen LogP contribution in [0.2, 0.25) is 0 Å². The molecule has 1 fully saturated rings. The molecule has 0 aromatic heterocycles. The minimum Gasteiger partial charge on any atom is -0.454 e. The molecule has 7 rings (SSSR count). The molecule has 4 aliphatic rings. The third-order valence-electron chi connectivity index (χ3n) is 7.82. The zero-order valence-electron chi connectivity index (χ0n) is 20.3. The molecule has 3 aromatic carbocycles. The number of aryl methyl sites for hydroxylation is 2. The molecule has 4 atom stereocenters. The monoisotopic (exact) mass is 493 g/mol. The quantitative estimate of drug-likeness (QED) is 0.296. The molecule has 1 aliphatic carbocycles. The SMILES string of the molecule is Cc1ccc(N2C(=O)[C@@H]3[C@@H]4C(=O)Oc5cc(C)ccc5C4=C[C@@H](c4ccc5c(c4)OCO5)[C@H]3C2=O)cc1. The molecule has 0 bridgehead atoms. The molecule has 3 aliphatic heterocycles. The van der Waals surface area contributed by atoms with E-state index in [4.69, 9.17) is 14.2 Å². The number of imide groups is 1. The Labute approximate surface area is 213 Å². The van der Waals surface area contributed by atoms with Gasteiger partial charge < -0.3 is 14.2 Å². The molecule has 0 unspecified atom stereocenters. The number of ether oxygens (including phenoxy) is 3. The van der Waals surface area contributed by atoms with Crippen molar-refractivity contribution in [2.24, 2.45) is 17.8 Å². The molecule has 3 aromatic rings. The van der Waals surface area contributed by atoms with Crippen molar-refractivity contribution in [3.05, 3.63) is 89.0 Å². The van der Waals surface area contributed by atoms with Gasteiger partial charge in [-0.15, -0.1) is 0 Å². The zero-order chi connectivity index (χ0) is 25.4. The molecular weight excluding hydrogens is 470 g/mol. The van der Waals surface area contributed by atoms with Crippen molar-refractivity contribution in [3.8, 4) is 17.2 Å². The van der Waals surface area contributed by atoms with Crippen molar-refractivity contribution in [1.82, 2.24) is 0 Å². The number of carbonyl (C=O) groups excluding carboxylic acids is 3. The van der Waals surface area contributed by atoms with Crippen molar-refractivity contribution >= 4 is 29.0 Å². The van der Waals surface area contributed by atoms with Crippen LogP contribution in [0.5, 0.6) is 17.2 Å². The number of fused-ring (bicyclic) bond motifs is 6. The van der Waals surface area contributed by atoms with Crippen LogP contribution < -0.4 is 19.1 Å². The molecule has 0 N–H and O–H groups in total. The number of amides is 2. The fraction of sp³-hybridized carbons (Fsp3) is 0.233. The van der Waals surface area contributed by atoms with E-state index >= 15 is 0 Å². The first-order chi connectivity index (χ1) is 17.9. The maximum Gasteiger partial charge on any atom is 0.319 e. The van der Waals surface area contributed by atoms with Gasteiger partial charge >= 0.3 is 5.97 Å². The number of esters is 1. The highest BCUT2D eigenvalue weighted by molar-refractivity contribution is 6.24. The topological polar surface area (TPSA) is 82.1 Å². The molecule has 0 radical (unpaired) electrons. The van der Waals surface area contributed by atoms with Crippen LogP contribution in [0.15, 0.2) is 66.7 Å². The number of benzene rings is 3. The Kier molecular flexibility index (Phi) is 4.61. The number of hydrogen-bond acceptors (Lipinski definition) is 6. The van der Waals surface area contributed by atoms with Crippen LogP contribution in [0.25, 0.3) is 5.57 Å². The molecular formula is C30H23NO6. The van der Waals surface area contributed by atoms with Crippen LogP contribution in [0, 0.1) is 31.6 Å². The summed E-state index contributed by atoms with van der Waals surface area (Å²) in [5.41, 5.74) is 4.80. The smallest absolute Gasteiger partial charge is 0.319 e. The second-order valence-electron chi connectivity index (χ2n) is 10.1. The van der Waals surface area contributed by atoms with Crippen molar-refractivity contribution in [2.75, 3.05) is 11.7 Å². The summed E-state index contributed by atoms with van der Waals surface area (Å²) in [6.07, 6.45) is 1.97. The number of rotatable bonds is 2. The van der Waals surface area contributed by atoms with Crippen LogP contribution in [-0.2, 0) is 14.4 Å². The molecule has 3 heterocycles. The van der Waals surface area contributed by atoms with Gasteiger partial charge in [-0.25, -0.2) is 4.90 Å². The van der Waals surface area contributed by atoms with E-state index in [1.54, 1.807) is 12.1 Å². The average molecular weight is 494 g/mol. The Morgan fingerprint density at radius 1 is 0.757 bits per heavy atom. The fourth-order valence-electron chi connectivity index (χ4n) is 6.06. The van der Waals surface area contributed by atoms with Gasteiger partial charge in [0.2, 0.25) is 18.6 Å². The largest absolute Gasteiger partial charge is 0.454 e. The number of hydrogen-bond donors (Lipinski definition) is 0. The lowest BCUT2D eigenvalue weighted by Crippen LogP contribution is -2.42. The van der Waals surface area contributed by atoms with E-state index in [0.29, 0.717) is 22.9 Å². The van der Waals surface area contributed by atoms with Crippen molar-refractivity contribution in [3.63, 3.8) is 0 Å². The van der Waals surface area contributed by atoms with E-state index in [-0.39, 0.29) is 18.6 Å². The first-order valence-corrected chi connectivity index (χ1v) is 12.3. The van der Waals surface area contributed by atoms with Gasteiger partial charge in [0.1, 0.15) is 5.75 Å². The Balaban J connectivity index is 1.42. The maximum atomic E-state index is 14.0. The van der Waals surface area contributed by atoms with E-state index < -0.39 is 29.6 Å². The van der Waals surface area contributed by atoms with Crippen LogP contribution in [0.1, 0.15) is 28.2 Å². The molecule has 184 valence electrons. The number of carbonyl (C=O) groups is 3. The predicted molar refractivity (Wildman–Crippen MR) is 134 cm³/mol. The minimum absolute atomic E-state index is 0.135. The lowest BCUT2D eigenvalue weighted by atomic mass is 9.64. The van der Waals surface area contributed by atoms with Crippen LogP contribution in [0.3, 0.4) is 0 Å². The lowest BCUT2D eigenvalue weighted by Gasteiger charge is -2.38. The summed E-state index contributed by atoms with van der Waals surface area (Å²) in [6, 6.07) is 18.6. The molecule has 1 saturated heterocycles. The predicted octanol–water partition coefficient (Wildman–Crippen LogP) is 4.55. The highest BCUT2D eigenvalue weighted by Crippen LogP contribution is 2.55. The van der Waals surface area contributed by atoms with Crippen LogP contribution in [0.4, 0.5) is 5.69 Å². The van der Waals surface area contributed by atoms with Crippen LogP contribution in [-0.4, -0.2) is 24.6 Å². The lowest BCUT2D eigenvalue weighted by molar-refractivity contribution is -0.142. The summed E-state index contributed by atoms with van der Waals surface area (Å²) in [4.78, 5) is 42.6. The van der Waals surface area contributed by atoms with Crippen molar-refractivity contribution < 1.29 is 28.6 Å². The Morgan fingerprint density at radius 3 is 2.30 bits per heavy atom. The second kappa shape index (κ2) is 7.80. The summed E-state index contributed by atoms with van der Waals surface area (Å²) < 4.78 is 16.8. The number of allylic oxidation sites excluding steroid dienone is 1.